The fraction of sp³-hybridized carbons (Fsp3) is 0.333. The topological polar surface area (TPSA) is 60.3 Å². The first kappa shape index (κ1) is 16.7. The summed E-state index contributed by atoms with van der Waals surface area (Å²) in [6.45, 7) is 1.57. The number of pyridine rings is 1. The molecule has 6 heteroatoms. The van der Waals surface area contributed by atoms with Crippen molar-refractivity contribution in [2.45, 2.75) is 25.5 Å². The number of aromatic nitrogens is 1. The molecular weight excluding hydrogens is 328 g/mol. The van der Waals surface area contributed by atoms with Crippen LogP contribution in [-0.4, -0.2) is 29.7 Å². The Bertz CT molecular complexity index is 782. The summed E-state index contributed by atoms with van der Waals surface area (Å²) in [6.07, 6.45) is 3.65. The number of carbonyl (C=O) groups excluding carboxylic acids is 1. The molecule has 1 aliphatic rings. The molecule has 126 valence electrons. The summed E-state index contributed by atoms with van der Waals surface area (Å²) in [7, 11) is 0. The lowest BCUT2D eigenvalue weighted by Gasteiger charge is -2.12. The number of carbonyl (C=O) groups is 1. The van der Waals surface area contributed by atoms with Gasteiger partial charge in [-0.2, -0.15) is 0 Å². The first-order valence-corrected chi connectivity index (χ1v) is 8.35. The van der Waals surface area contributed by atoms with Gasteiger partial charge in [0.05, 0.1) is 18.2 Å². The van der Waals surface area contributed by atoms with E-state index in [1.165, 1.54) is 16.7 Å². The van der Waals surface area contributed by atoms with Crippen LogP contribution in [0.2, 0.25) is 5.02 Å². The van der Waals surface area contributed by atoms with Crippen LogP contribution in [0, 0.1) is 0 Å². The molecule has 2 heterocycles. The van der Waals surface area contributed by atoms with Crippen molar-refractivity contribution in [3.63, 3.8) is 0 Å². The van der Waals surface area contributed by atoms with E-state index in [2.05, 4.69) is 5.32 Å². The van der Waals surface area contributed by atoms with Crippen LogP contribution in [0.5, 0.6) is 0 Å². The van der Waals surface area contributed by atoms with Gasteiger partial charge in [-0.15, -0.1) is 0 Å². The molecule has 1 fully saturated rings. The van der Waals surface area contributed by atoms with Crippen molar-refractivity contribution < 1.29 is 9.53 Å². The van der Waals surface area contributed by atoms with Crippen LogP contribution in [0.4, 0.5) is 0 Å². The Hall–Kier alpha value is -2.11. The summed E-state index contributed by atoms with van der Waals surface area (Å²) in [5.74, 6) is -0.210. The quantitative estimate of drug-likeness (QED) is 0.904. The van der Waals surface area contributed by atoms with Crippen molar-refractivity contribution in [3.8, 4) is 0 Å². The third-order valence-electron chi connectivity index (χ3n) is 4.06. The average molecular weight is 347 g/mol. The zero-order valence-corrected chi connectivity index (χ0v) is 14.0. The summed E-state index contributed by atoms with van der Waals surface area (Å²) >= 11 is 6.14. The van der Waals surface area contributed by atoms with E-state index < -0.39 is 0 Å². The van der Waals surface area contributed by atoms with Gasteiger partial charge in [0.15, 0.2) is 0 Å². The maximum absolute atomic E-state index is 12.3. The van der Waals surface area contributed by atoms with Gasteiger partial charge in [-0.05, 0) is 30.5 Å². The van der Waals surface area contributed by atoms with Crippen LogP contribution in [0.3, 0.4) is 0 Å². The molecule has 2 aromatic rings. The number of benzene rings is 1. The molecule has 1 atom stereocenters. The zero-order valence-electron chi connectivity index (χ0n) is 13.2. The van der Waals surface area contributed by atoms with E-state index in [4.69, 9.17) is 16.3 Å². The molecule has 1 saturated heterocycles. The predicted octanol–water partition coefficient (Wildman–Crippen LogP) is 2.46. The lowest BCUT2D eigenvalue weighted by atomic mass is 10.2. The minimum atomic E-state index is -0.210. The maximum Gasteiger partial charge on any atom is 0.252 e. The Morgan fingerprint density at radius 2 is 2.12 bits per heavy atom. The SMILES string of the molecule is O=C(NC[C@@H]1CCCO1)c1ccc(=O)n(Cc2ccccc2Cl)c1. The van der Waals surface area contributed by atoms with Crippen LogP contribution in [-0.2, 0) is 11.3 Å². The second kappa shape index (κ2) is 7.64. The Balaban J connectivity index is 1.72. The van der Waals surface area contributed by atoms with E-state index in [9.17, 15) is 9.59 Å². The van der Waals surface area contributed by atoms with E-state index in [0.29, 0.717) is 23.7 Å². The Kier molecular flexibility index (Phi) is 5.33. The van der Waals surface area contributed by atoms with Crippen molar-refractivity contribution in [1.82, 2.24) is 9.88 Å². The molecule has 0 unspecified atom stereocenters. The highest BCUT2D eigenvalue weighted by atomic mass is 35.5. The predicted molar refractivity (Wildman–Crippen MR) is 92.6 cm³/mol. The summed E-state index contributed by atoms with van der Waals surface area (Å²) in [5, 5.41) is 3.45. The molecular formula is C18H19ClN2O3. The number of hydrogen-bond donors (Lipinski definition) is 1. The van der Waals surface area contributed by atoms with Gasteiger partial charge in [0.25, 0.3) is 11.5 Å². The van der Waals surface area contributed by atoms with Crippen molar-refractivity contribution in [1.29, 1.82) is 0 Å². The normalized spacial score (nSPS) is 17.0. The highest BCUT2D eigenvalue weighted by Gasteiger charge is 2.17. The Morgan fingerprint density at radius 3 is 2.88 bits per heavy atom. The molecule has 0 radical (unpaired) electrons. The maximum atomic E-state index is 12.3. The minimum Gasteiger partial charge on any atom is -0.376 e. The van der Waals surface area contributed by atoms with E-state index in [1.807, 2.05) is 18.2 Å². The van der Waals surface area contributed by atoms with Crippen LogP contribution in [0.15, 0.2) is 47.4 Å². The molecule has 1 N–H and O–H groups in total. The summed E-state index contributed by atoms with van der Waals surface area (Å²) in [6, 6.07) is 10.3. The van der Waals surface area contributed by atoms with E-state index in [0.717, 1.165) is 25.0 Å². The first-order chi connectivity index (χ1) is 11.6. The van der Waals surface area contributed by atoms with Crippen LogP contribution in [0.25, 0.3) is 0 Å². The van der Waals surface area contributed by atoms with Gasteiger partial charge in [-0.1, -0.05) is 29.8 Å². The van der Waals surface area contributed by atoms with Crippen LogP contribution in [0.1, 0.15) is 28.8 Å². The number of ether oxygens (including phenoxy) is 1. The number of nitrogens with zero attached hydrogens (tertiary/aromatic N) is 1. The number of nitrogens with one attached hydrogen (secondary N) is 1. The smallest absolute Gasteiger partial charge is 0.252 e. The molecule has 3 rings (SSSR count). The lowest BCUT2D eigenvalue weighted by molar-refractivity contribution is 0.0857. The van der Waals surface area contributed by atoms with Gasteiger partial charge < -0.3 is 14.6 Å². The fourth-order valence-corrected chi connectivity index (χ4v) is 2.91. The van der Waals surface area contributed by atoms with Gasteiger partial charge in [0.2, 0.25) is 0 Å². The van der Waals surface area contributed by atoms with Crippen LogP contribution >= 0.6 is 11.6 Å². The molecule has 5 nitrogen and oxygen atoms in total. The van der Waals surface area contributed by atoms with Crippen molar-refractivity contribution in [2.24, 2.45) is 0 Å². The van der Waals surface area contributed by atoms with Gasteiger partial charge in [0, 0.05) is 30.4 Å². The Morgan fingerprint density at radius 1 is 1.29 bits per heavy atom. The van der Waals surface area contributed by atoms with Gasteiger partial charge in [-0.25, -0.2) is 0 Å². The molecule has 1 aliphatic heterocycles. The van der Waals surface area contributed by atoms with Gasteiger partial charge in [0.1, 0.15) is 0 Å². The highest BCUT2D eigenvalue weighted by Crippen LogP contribution is 2.16. The van der Waals surface area contributed by atoms with E-state index in [-0.39, 0.29) is 17.6 Å². The van der Waals surface area contributed by atoms with E-state index >= 15 is 0 Å². The molecule has 0 saturated carbocycles. The summed E-state index contributed by atoms with van der Waals surface area (Å²) in [4.78, 5) is 24.3. The molecule has 0 bridgehead atoms. The monoisotopic (exact) mass is 346 g/mol. The minimum absolute atomic E-state index is 0.0861. The van der Waals surface area contributed by atoms with Gasteiger partial charge >= 0.3 is 0 Å². The lowest BCUT2D eigenvalue weighted by Crippen LogP contribution is -2.32. The molecule has 0 aliphatic carbocycles. The third-order valence-corrected chi connectivity index (χ3v) is 4.43. The van der Waals surface area contributed by atoms with Crippen molar-refractivity contribution in [2.75, 3.05) is 13.2 Å². The standard InChI is InChI=1S/C18H19ClN2O3/c19-16-6-2-1-4-13(16)11-21-12-14(7-8-17(21)22)18(23)20-10-15-5-3-9-24-15/h1-2,4,6-8,12,15H,3,5,9-11H2,(H,20,23)/t15-/m0/s1. The first-order valence-electron chi connectivity index (χ1n) is 7.97. The third kappa shape index (κ3) is 4.04. The van der Waals surface area contributed by atoms with Crippen LogP contribution < -0.4 is 10.9 Å². The fourth-order valence-electron chi connectivity index (χ4n) is 2.71. The van der Waals surface area contributed by atoms with Gasteiger partial charge in [-0.3, -0.25) is 9.59 Å². The Labute approximate surface area is 145 Å². The highest BCUT2D eigenvalue weighted by molar-refractivity contribution is 6.31. The zero-order chi connectivity index (χ0) is 16.9. The summed E-state index contributed by atoms with van der Waals surface area (Å²) < 4.78 is 6.98. The van der Waals surface area contributed by atoms with E-state index in [1.54, 1.807) is 12.3 Å². The van der Waals surface area contributed by atoms with Crippen molar-refractivity contribution in [3.05, 3.63) is 69.1 Å². The largest absolute Gasteiger partial charge is 0.376 e. The number of hydrogen-bond acceptors (Lipinski definition) is 3. The number of amides is 1. The molecule has 0 spiro atoms. The molecule has 24 heavy (non-hydrogen) atoms. The number of rotatable bonds is 5. The molecule has 1 aromatic carbocycles. The average Bonchev–Trinajstić information content (AvgIpc) is 3.10. The molecule has 1 amide bonds. The number of halogens is 1. The van der Waals surface area contributed by atoms with Crippen molar-refractivity contribution >= 4 is 17.5 Å². The molecule has 1 aromatic heterocycles. The summed E-state index contributed by atoms with van der Waals surface area (Å²) in [5.41, 5.74) is 1.10. The second-order valence-corrected chi connectivity index (χ2v) is 6.23. The second-order valence-electron chi connectivity index (χ2n) is 5.82.